The molecule has 0 bridgehead atoms. The fourth-order valence-electron chi connectivity index (χ4n) is 1.64. The molecule has 2 heterocycles. The summed E-state index contributed by atoms with van der Waals surface area (Å²) in [5.74, 6) is -0.128. The normalized spacial score (nSPS) is 10.3. The van der Waals surface area contributed by atoms with Gasteiger partial charge in [0, 0.05) is 18.1 Å². The standard InChI is InChI=1S/C13H15N3OS/c1-3-6-10-11(12(17)14-2)16-13(18-10)9-7-4-5-8-15-9/h4-5,7-8H,3,6H2,1-2H3,(H,14,17). The van der Waals surface area contributed by atoms with Gasteiger partial charge in [0.25, 0.3) is 5.91 Å². The fraction of sp³-hybridized carbons (Fsp3) is 0.308. The minimum Gasteiger partial charge on any atom is -0.354 e. The first kappa shape index (κ1) is 12.7. The molecule has 0 aliphatic rings. The fourth-order valence-corrected chi connectivity index (χ4v) is 2.78. The lowest BCUT2D eigenvalue weighted by Gasteiger charge is -1.97. The highest BCUT2D eigenvalue weighted by Crippen LogP contribution is 2.27. The maximum atomic E-state index is 11.8. The summed E-state index contributed by atoms with van der Waals surface area (Å²) < 4.78 is 0. The van der Waals surface area contributed by atoms with Crippen molar-refractivity contribution in [3.63, 3.8) is 0 Å². The Morgan fingerprint density at radius 3 is 2.89 bits per heavy atom. The monoisotopic (exact) mass is 261 g/mol. The molecule has 0 aliphatic heterocycles. The Morgan fingerprint density at radius 2 is 2.28 bits per heavy atom. The molecule has 0 atom stereocenters. The zero-order valence-corrected chi connectivity index (χ0v) is 11.3. The van der Waals surface area contributed by atoms with Gasteiger partial charge in [-0.2, -0.15) is 0 Å². The molecular weight excluding hydrogens is 246 g/mol. The number of carbonyl (C=O) groups is 1. The number of rotatable bonds is 4. The molecule has 2 aromatic heterocycles. The van der Waals surface area contributed by atoms with Crippen LogP contribution in [0.4, 0.5) is 0 Å². The summed E-state index contributed by atoms with van der Waals surface area (Å²) in [6.45, 7) is 2.09. The summed E-state index contributed by atoms with van der Waals surface area (Å²) in [5.41, 5.74) is 1.35. The van der Waals surface area contributed by atoms with Crippen molar-refractivity contribution in [1.29, 1.82) is 0 Å². The van der Waals surface area contributed by atoms with E-state index in [1.807, 2.05) is 18.2 Å². The number of hydrogen-bond donors (Lipinski definition) is 1. The van der Waals surface area contributed by atoms with Crippen molar-refractivity contribution in [1.82, 2.24) is 15.3 Å². The summed E-state index contributed by atoms with van der Waals surface area (Å²) in [4.78, 5) is 21.5. The molecule has 0 aliphatic carbocycles. The molecule has 0 saturated heterocycles. The van der Waals surface area contributed by atoms with Crippen LogP contribution in [0.3, 0.4) is 0 Å². The van der Waals surface area contributed by atoms with Crippen molar-refractivity contribution in [2.45, 2.75) is 19.8 Å². The predicted octanol–water partition coefficient (Wildman–Crippen LogP) is 2.52. The summed E-state index contributed by atoms with van der Waals surface area (Å²) in [6.07, 6.45) is 3.59. The van der Waals surface area contributed by atoms with Crippen molar-refractivity contribution in [3.8, 4) is 10.7 Å². The average molecular weight is 261 g/mol. The maximum Gasteiger partial charge on any atom is 0.270 e. The topological polar surface area (TPSA) is 54.9 Å². The smallest absolute Gasteiger partial charge is 0.270 e. The number of aryl methyl sites for hydroxylation is 1. The lowest BCUT2D eigenvalue weighted by molar-refractivity contribution is 0.0958. The van der Waals surface area contributed by atoms with Gasteiger partial charge >= 0.3 is 0 Å². The van der Waals surface area contributed by atoms with Crippen LogP contribution in [-0.4, -0.2) is 22.9 Å². The second-order valence-corrected chi connectivity index (χ2v) is 4.92. The van der Waals surface area contributed by atoms with E-state index in [4.69, 9.17) is 0 Å². The van der Waals surface area contributed by atoms with Crippen LogP contribution in [0.15, 0.2) is 24.4 Å². The van der Waals surface area contributed by atoms with Gasteiger partial charge in [-0.05, 0) is 18.6 Å². The Kier molecular flexibility index (Phi) is 4.04. The van der Waals surface area contributed by atoms with E-state index in [1.54, 1.807) is 24.6 Å². The quantitative estimate of drug-likeness (QED) is 0.920. The van der Waals surface area contributed by atoms with Crippen LogP contribution in [0.2, 0.25) is 0 Å². The molecule has 1 amide bonds. The lowest BCUT2D eigenvalue weighted by Crippen LogP contribution is -2.19. The van der Waals surface area contributed by atoms with Crippen LogP contribution in [0, 0.1) is 0 Å². The van der Waals surface area contributed by atoms with Crippen molar-refractivity contribution in [2.75, 3.05) is 7.05 Å². The number of hydrogen-bond acceptors (Lipinski definition) is 4. The molecule has 5 heteroatoms. The van der Waals surface area contributed by atoms with Crippen LogP contribution in [0.1, 0.15) is 28.7 Å². The van der Waals surface area contributed by atoms with Gasteiger partial charge in [-0.25, -0.2) is 4.98 Å². The van der Waals surface area contributed by atoms with E-state index >= 15 is 0 Å². The van der Waals surface area contributed by atoms with Crippen molar-refractivity contribution >= 4 is 17.2 Å². The van der Waals surface area contributed by atoms with Crippen LogP contribution in [0.5, 0.6) is 0 Å². The number of aromatic nitrogens is 2. The zero-order chi connectivity index (χ0) is 13.0. The minimum absolute atomic E-state index is 0.128. The SMILES string of the molecule is CCCc1sc(-c2ccccn2)nc1C(=O)NC. The molecule has 0 spiro atoms. The van der Waals surface area contributed by atoms with E-state index in [2.05, 4.69) is 22.2 Å². The van der Waals surface area contributed by atoms with Crippen LogP contribution in [0.25, 0.3) is 10.7 Å². The van der Waals surface area contributed by atoms with E-state index in [1.165, 1.54) is 0 Å². The molecule has 0 aromatic carbocycles. The Bertz CT molecular complexity index is 536. The summed E-state index contributed by atoms with van der Waals surface area (Å²) in [7, 11) is 1.62. The maximum absolute atomic E-state index is 11.8. The highest BCUT2D eigenvalue weighted by Gasteiger charge is 2.17. The number of nitrogens with one attached hydrogen (secondary N) is 1. The Labute approximate surface area is 110 Å². The average Bonchev–Trinajstić information content (AvgIpc) is 2.83. The molecular formula is C13H15N3OS. The highest BCUT2D eigenvalue weighted by atomic mass is 32.1. The Morgan fingerprint density at radius 1 is 1.44 bits per heavy atom. The van der Waals surface area contributed by atoms with Gasteiger partial charge in [0.05, 0.1) is 5.69 Å². The lowest BCUT2D eigenvalue weighted by atomic mass is 10.2. The summed E-state index contributed by atoms with van der Waals surface area (Å²) in [5, 5.41) is 3.43. The van der Waals surface area contributed by atoms with Crippen molar-refractivity contribution in [2.24, 2.45) is 0 Å². The van der Waals surface area contributed by atoms with E-state index in [0.29, 0.717) is 5.69 Å². The number of pyridine rings is 1. The van der Waals surface area contributed by atoms with Gasteiger partial charge in [0.2, 0.25) is 0 Å². The molecule has 0 saturated carbocycles. The number of nitrogens with zero attached hydrogens (tertiary/aromatic N) is 2. The predicted molar refractivity (Wildman–Crippen MR) is 72.7 cm³/mol. The van der Waals surface area contributed by atoms with Gasteiger partial charge in [-0.1, -0.05) is 19.4 Å². The van der Waals surface area contributed by atoms with Crippen molar-refractivity contribution in [3.05, 3.63) is 35.0 Å². The first-order valence-electron chi connectivity index (χ1n) is 5.89. The molecule has 4 nitrogen and oxygen atoms in total. The molecule has 2 rings (SSSR count). The molecule has 0 fully saturated rings. The Hall–Kier alpha value is -1.75. The second kappa shape index (κ2) is 5.73. The number of carbonyl (C=O) groups excluding carboxylic acids is 1. The zero-order valence-electron chi connectivity index (χ0n) is 10.4. The molecule has 1 N–H and O–H groups in total. The van der Waals surface area contributed by atoms with E-state index in [0.717, 1.165) is 28.4 Å². The van der Waals surface area contributed by atoms with Crippen molar-refractivity contribution < 1.29 is 4.79 Å². The highest BCUT2D eigenvalue weighted by molar-refractivity contribution is 7.15. The first-order chi connectivity index (χ1) is 8.76. The molecule has 18 heavy (non-hydrogen) atoms. The Balaban J connectivity index is 2.42. The summed E-state index contributed by atoms with van der Waals surface area (Å²) >= 11 is 1.55. The molecule has 94 valence electrons. The van der Waals surface area contributed by atoms with Crippen LogP contribution < -0.4 is 5.32 Å². The van der Waals surface area contributed by atoms with Gasteiger partial charge in [0.1, 0.15) is 10.7 Å². The van der Waals surface area contributed by atoms with Crippen LogP contribution in [-0.2, 0) is 6.42 Å². The molecule has 0 unspecified atom stereocenters. The largest absolute Gasteiger partial charge is 0.354 e. The van der Waals surface area contributed by atoms with Gasteiger partial charge in [-0.15, -0.1) is 11.3 Å². The van der Waals surface area contributed by atoms with Gasteiger partial charge in [0.15, 0.2) is 0 Å². The molecule has 0 radical (unpaired) electrons. The van der Waals surface area contributed by atoms with Crippen LogP contribution >= 0.6 is 11.3 Å². The summed E-state index contributed by atoms with van der Waals surface area (Å²) in [6, 6.07) is 5.69. The first-order valence-corrected chi connectivity index (χ1v) is 6.71. The minimum atomic E-state index is -0.128. The van der Waals surface area contributed by atoms with E-state index in [-0.39, 0.29) is 5.91 Å². The number of thiazole rings is 1. The van der Waals surface area contributed by atoms with E-state index < -0.39 is 0 Å². The van der Waals surface area contributed by atoms with Gasteiger partial charge < -0.3 is 5.32 Å². The van der Waals surface area contributed by atoms with E-state index in [9.17, 15) is 4.79 Å². The third-order valence-electron chi connectivity index (χ3n) is 2.50. The molecule has 2 aromatic rings. The second-order valence-electron chi connectivity index (χ2n) is 3.83. The third kappa shape index (κ3) is 2.56. The number of amides is 1. The third-order valence-corrected chi connectivity index (χ3v) is 3.64. The van der Waals surface area contributed by atoms with Gasteiger partial charge in [-0.3, -0.25) is 9.78 Å².